The molecule has 1 atom stereocenters. The number of hydrogen-bond donors (Lipinski definition) is 2. The van der Waals surface area contributed by atoms with Gasteiger partial charge in [-0.05, 0) is 29.6 Å². The number of ether oxygens (including phenoxy) is 1. The molecule has 3 amide bonds. The summed E-state index contributed by atoms with van der Waals surface area (Å²) in [7, 11) is 0. The van der Waals surface area contributed by atoms with Crippen molar-refractivity contribution in [2.24, 2.45) is 0 Å². The smallest absolute Gasteiger partial charge is 0.255 e. The van der Waals surface area contributed by atoms with E-state index in [2.05, 4.69) is 22.3 Å². The molecule has 3 aliphatic heterocycles. The highest BCUT2D eigenvalue weighted by Gasteiger charge is 2.39. The number of imide groups is 1. The van der Waals surface area contributed by atoms with Crippen molar-refractivity contribution in [2.45, 2.75) is 38.4 Å². The van der Waals surface area contributed by atoms with Gasteiger partial charge in [0.25, 0.3) is 5.91 Å². The average molecular weight is 454 g/mol. The molecular formula is C25H28N4O4. The van der Waals surface area contributed by atoms with Gasteiger partial charge in [-0.15, -0.1) is 0 Å². The van der Waals surface area contributed by atoms with Crippen molar-refractivity contribution >= 4 is 23.4 Å². The Balaban J connectivity index is 1.36. The summed E-state index contributed by atoms with van der Waals surface area (Å²) in [6.45, 7) is 4.16. The van der Waals surface area contributed by atoms with E-state index in [1.54, 1.807) is 17.4 Å². The van der Waals surface area contributed by atoms with Gasteiger partial charge in [0.2, 0.25) is 11.8 Å². The molecule has 172 valence electrons. The van der Waals surface area contributed by atoms with Crippen molar-refractivity contribution in [3.63, 3.8) is 0 Å². The lowest BCUT2D eigenvalue weighted by Crippen LogP contribution is -2.52. The Morgan fingerprint density at radius 3 is 2.76 bits per heavy atom. The Labute approximate surface area is 199 Å². The van der Waals surface area contributed by atoms with E-state index in [1.165, 1.54) is 6.07 Å². The number of nitrogens with zero attached hydrogens (tertiary/aromatic N) is 2. The quantitative estimate of drug-likeness (QED) is 0.650. The topological polar surface area (TPSA) is 91.0 Å². The molecule has 1 unspecified atom stereocenters. The van der Waals surface area contributed by atoms with Crippen LogP contribution in [0.15, 0.2) is 42.5 Å². The number of piperidine rings is 1. The number of amides is 3. The minimum absolute atomic E-state index is 0.184. The third kappa shape index (κ3) is 4.62. The van der Waals surface area contributed by atoms with Gasteiger partial charge < -0.3 is 15.0 Å². The maximum atomic E-state index is 13.3. The van der Waals surface area contributed by atoms with Gasteiger partial charge in [-0.2, -0.15) is 0 Å². The van der Waals surface area contributed by atoms with Crippen molar-refractivity contribution in [1.82, 2.24) is 15.1 Å². The number of anilines is 1. The van der Waals surface area contributed by atoms with E-state index in [0.717, 1.165) is 44.0 Å². The van der Waals surface area contributed by atoms with Crippen molar-refractivity contribution in [3.05, 3.63) is 64.7 Å². The van der Waals surface area contributed by atoms with Crippen LogP contribution in [-0.4, -0.2) is 59.8 Å². The monoisotopic (exact) mass is 453 g/mol. The molecule has 3 aliphatic rings. The van der Waals surface area contributed by atoms with Crippen LogP contribution in [0.3, 0.4) is 0 Å². The molecule has 2 saturated heterocycles. The van der Waals surface area contributed by atoms with Crippen LogP contribution in [-0.2, 0) is 34.0 Å². The second kappa shape index (κ2) is 9.33. The molecule has 5 rings (SSSR count). The normalized spacial score (nSPS) is 28.7. The number of carbonyl (C=O) groups is 3. The summed E-state index contributed by atoms with van der Waals surface area (Å²) in [5.74, 6) is -3.64. The zero-order valence-electron chi connectivity index (χ0n) is 23.0. The summed E-state index contributed by atoms with van der Waals surface area (Å²) in [5, 5.41) is 5.04. The molecule has 0 radical (unpaired) electrons. The van der Waals surface area contributed by atoms with Gasteiger partial charge in [-0.3, -0.25) is 24.6 Å². The van der Waals surface area contributed by atoms with Crippen molar-refractivity contribution in [3.8, 4) is 0 Å². The van der Waals surface area contributed by atoms with Gasteiger partial charge in [0.05, 0.1) is 14.6 Å². The summed E-state index contributed by atoms with van der Waals surface area (Å²) in [5.41, 5.74) is 3.41. The van der Waals surface area contributed by atoms with Gasteiger partial charge in [0.1, 0.15) is 6.02 Å². The molecule has 0 aliphatic carbocycles. The summed E-state index contributed by atoms with van der Waals surface area (Å²) >= 11 is 0. The third-order valence-electron chi connectivity index (χ3n) is 5.96. The van der Waals surface area contributed by atoms with Gasteiger partial charge >= 0.3 is 0 Å². The van der Waals surface area contributed by atoms with E-state index in [-0.39, 0.29) is 12.1 Å². The van der Waals surface area contributed by atoms with Crippen molar-refractivity contribution in [2.75, 3.05) is 31.6 Å². The largest absolute Gasteiger partial charge is 0.381 e. The summed E-state index contributed by atoms with van der Waals surface area (Å²) < 4.78 is 46.5. The Morgan fingerprint density at radius 2 is 1.91 bits per heavy atom. The SMILES string of the molecule is [2H]C1([2H])C(=O)NC(=O)C([2H])(N2Cc3c(NCc4cccc(CN5CCOCC5)c4)cccc3C2=O)C1([2H])[2H]. The molecule has 2 N–H and O–H groups in total. The van der Waals surface area contributed by atoms with Crippen molar-refractivity contribution < 1.29 is 26.0 Å². The zero-order valence-corrected chi connectivity index (χ0v) is 18.0. The molecule has 0 saturated carbocycles. The van der Waals surface area contributed by atoms with Crippen molar-refractivity contribution in [1.29, 1.82) is 0 Å². The molecule has 2 aromatic rings. The highest BCUT2D eigenvalue weighted by Crippen LogP contribution is 2.32. The number of rotatable bonds is 6. The van der Waals surface area contributed by atoms with E-state index in [9.17, 15) is 14.4 Å². The van der Waals surface area contributed by atoms with Gasteiger partial charge in [-0.1, -0.05) is 30.3 Å². The van der Waals surface area contributed by atoms with E-state index in [1.807, 2.05) is 12.1 Å². The lowest BCUT2D eigenvalue weighted by atomic mass is 10.0. The zero-order chi connectivity index (χ0) is 27.3. The molecule has 33 heavy (non-hydrogen) atoms. The first kappa shape index (κ1) is 16.4. The standard InChI is InChI=1S/C25H28N4O4/c30-23-8-7-22(24(31)27-23)29-16-20-19(25(29)32)5-2-6-21(20)26-14-17-3-1-4-18(13-17)15-28-9-11-33-12-10-28/h1-6,13,22,26H,7-12,14-16H2,(H,27,30,31)/i7D2,8D2,22D. The van der Waals surface area contributed by atoms with Crippen LogP contribution in [0.25, 0.3) is 0 Å². The van der Waals surface area contributed by atoms with Crippen LogP contribution >= 0.6 is 0 Å². The molecular weight excluding hydrogens is 420 g/mol. The minimum Gasteiger partial charge on any atom is -0.381 e. The second-order valence-electron chi connectivity index (χ2n) is 8.17. The first-order chi connectivity index (χ1) is 18.0. The predicted octanol–water partition coefficient (Wildman–Crippen LogP) is 1.89. The number of carbonyl (C=O) groups excluding carboxylic acids is 3. The molecule has 2 aromatic carbocycles. The second-order valence-corrected chi connectivity index (χ2v) is 8.17. The van der Waals surface area contributed by atoms with Crippen LogP contribution in [0.4, 0.5) is 5.69 Å². The average Bonchev–Trinajstić information content (AvgIpc) is 3.24. The van der Waals surface area contributed by atoms with Crippen LogP contribution in [0.5, 0.6) is 0 Å². The van der Waals surface area contributed by atoms with E-state index >= 15 is 0 Å². The fourth-order valence-corrected chi connectivity index (χ4v) is 4.29. The van der Waals surface area contributed by atoms with Gasteiger partial charge in [0.15, 0.2) is 0 Å². The molecule has 2 fully saturated rings. The Morgan fingerprint density at radius 1 is 1.12 bits per heavy atom. The van der Waals surface area contributed by atoms with E-state index in [4.69, 9.17) is 11.6 Å². The number of nitrogens with one attached hydrogen (secondary N) is 2. The van der Waals surface area contributed by atoms with E-state index in [0.29, 0.717) is 22.7 Å². The maximum absolute atomic E-state index is 13.3. The fourth-order valence-electron chi connectivity index (χ4n) is 4.29. The lowest BCUT2D eigenvalue weighted by Gasteiger charge is -2.29. The van der Waals surface area contributed by atoms with E-state index < -0.39 is 36.5 Å². The Bertz CT molecular complexity index is 1300. The number of fused-ring (bicyclic) bond motifs is 1. The van der Waals surface area contributed by atoms with Crippen LogP contribution in [0.2, 0.25) is 0 Å². The molecule has 0 aromatic heterocycles. The first-order valence-electron chi connectivity index (χ1n) is 13.4. The molecule has 0 spiro atoms. The molecule has 8 nitrogen and oxygen atoms in total. The van der Waals surface area contributed by atoms with Crippen LogP contribution in [0.1, 0.15) is 46.6 Å². The maximum Gasteiger partial charge on any atom is 0.255 e. The Kier molecular flexibility index (Phi) is 4.63. The minimum atomic E-state index is -3.30. The number of hydrogen-bond acceptors (Lipinski definition) is 6. The lowest BCUT2D eigenvalue weighted by molar-refractivity contribution is -0.136. The fraction of sp³-hybridized carbons (Fsp3) is 0.400. The predicted molar refractivity (Wildman–Crippen MR) is 122 cm³/mol. The number of benzene rings is 2. The van der Waals surface area contributed by atoms with Gasteiger partial charge in [-0.25, -0.2) is 0 Å². The highest BCUT2D eigenvalue weighted by molar-refractivity contribution is 6.06. The highest BCUT2D eigenvalue weighted by atomic mass is 16.5. The number of morpholine rings is 1. The van der Waals surface area contributed by atoms with Crippen LogP contribution < -0.4 is 10.6 Å². The molecule has 3 heterocycles. The summed E-state index contributed by atoms with van der Waals surface area (Å²) in [4.78, 5) is 41.1. The molecule has 8 heteroatoms. The molecule has 0 bridgehead atoms. The first-order valence-corrected chi connectivity index (χ1v) is 10.9. The summed E-state index contributed by atoms with van der Waals surface area (Å²) in [6.07, 6.45) is -6.50. The van der Waals surface area contributed by atoms with Gasteiger partial charge in [0, 0.05) is 61.4 Å². The van der Waals surface area contributed by atoms with Crippen LogP contribution in [0, 0.1) is 0 Å². The third-order valence-corrected chi connectivity index (χ3v) is 5.96. The summed E-state index contributed by atoms with van der Waals surface area (Å²) in [6, 6.07) is 10.1. The Hall–Kier alpha value is -3.23.